The lowest BCUT2D eigenvalue weighted by Crippen LogP contribution is -2.34. The summed E-state index contributed by atoms with van der Waals surface area (Å²) in [5.41, 5.74) is 0. The molecule has 1 N–H and O–H groups in total. The number of fused-ring (bicyclic) bond motifs is 1. The molecular formula is C12H14N2S. The Hall–Kier alpha value is -1.09. The maximum atomic E-state index is 4.42. The van der Waals surface area contributed by atoms with Crippen molar-refractivity contribution < 1.29 is 0 Å². The van der Waals surface area contributed by atoms with Crippen LogP contribution in [0.3, 0.4) is 0 Å². The summed E-state index contributed by atoms with van der Waals surface area (Å²) in [6.45, 7) is 2.30. The monoisotopic (exact) mass is 218 g/mol. The second kappa shape index (κ2) is 3.49. The van der Waals surface area contributed by atoms with E-state index in [1.165, 1.54) is 22.9 Å². The second-order valence-corrected chi connectivity index (χ2v) is 5.36. The highest BCUT2D eigenvalue weighted by Gasteiger charge is 2.25. The molecule has 3 rings (SSSR count). The van der Waals surface area contributed by atoms with Crippen LogP contribution in [0.1, 0.15) is 19.8 Å². The fraction of sp³-hybridized carbons (Fsp3) is 0.417. The summed E-state index contributed by atoms with van der Waals surface area (Å²) < 4.78 is 1.32. The Morgan fingerprint density at radius 2 is 2.27 bits per heavy atom. The number of hydrogen-bond acceptors (Lipinski definition) is 3. The standard InChI is InChI=1S/C12H14N2S/c1-8-6-9(7-8)14-12-10-3-5-15-11(10)2-4-13-12/h2-5,8-9H,6-7H2,1H3,(H,13,14). The normalized spacial score (nSPS) is 25.1. The maximum Gasteiger partial charge on any atom is 0.134 e. The third-order valence-electron chi connectivity index (χ3n) is 3.09. The van der Waals surface area contributed by atoms with Crippen molar-refractivity contribution in [1.29, 1.82) is 0 Å². The number of hydrogen-bond donors (Lipinski definition) is 1. The molecule has 0 spiro atoms. The van der Waals surface area contributed by atoms with E-state index in [2.05, 4.69) is 34.7 Å². The number of aromatic nitrogens is 1. The Morgan fingerprint density at radius 1 is 1.40 bits per heavy atom. The van der Waals surface area contributed by atoms with Crippen molar-refractivity contribution in [3.8, 4) is 0 Å². The molecule has 0 aliphatic heterocycles. The smallest absolute Gasteiger partial charge is 0.134 e. The fourth-order valence-corrected chi connectivity index (χ4v) is 3.01. The number of rotatable bonds is 2. The molecule has 78 valence electrons. The third kappa shape index (κ3) is 1.61. The summed E-state index contributed by atoms with van der Waals surface area (Å²) in [6, 6.07) is 4.87. The molecule has 0 bridgehead atoms. The van der Waals surface area contributed by atoms with Gasteiger partial charge in [-0.05, 0) is 36.3 Å². The largest absolute Gasteiger partial charge is 0.367 e. The lowest BCUT2D eigenvalue weighted by Gasteiger charge is -2.33. The average Bonchev–Trinajstić information content (AvgIpc) is 2.64. The first-order valence-electron chi connectivity index (χ1n) is 5.41. The highest BCUT2D eigenvalue weighted by molar-refractivity contribution is 7.17. The van der Waals surface area contributed by atoms with Crippen molar-refractivity contribution >= 4 is 27.2 Å². The highest BCUT2D eigenvalue weighted by Crippen LogP contribution is 2.32. The van der Waals surface area contributed by atoms with E-state index in [1.54, 1.807) is 11.3 Å². The van der Waals surface area contributed by atoms with Crippen LogP contribution in [0.5, 0.6) is 0 Å². The van der Waals surface area contributed by atoms with Crippen LogP contribution in [0, 0.1) is 5.92 Å². The average molecular weight is 218 g/mol. The van der Waals surface area contributed by atoms with Gasteiger partial charge in [0, 0.05) is 22.3 Å². The molecule has 0 radical (unpaired) electrons. The fourth-order valence-electron chi connectivity index (χ4n) is 2.22. The van der Waals surface area contributed by atoms with Crippen molar-refractivity contribution in [1.82, 2.24) is 4.98 Å². The number of nitrogens with one attached hydrogen (secondary N) is 1. The Balaban J connectivity index is 1.87. The Morgan fingerprint density at radius 3 is 3.07 bits per heavy atom. The van der Waals surface area contributed by atoms with Gasteiger partial charge in [0.2, 0.25) is 0 Å². The molecule has 0 atom stereocenters. The molecule has 2 heterocycles. The van der Waals surface area contributed by atoms with Crippen molar-refractivity contribution in [2.45, 2.75) is 25.8 Å². The molecule has 0 unspecified atom stereocenters. The van der Waals surface area contributed by atoms with Crippen LogP contribution in [-0.2, 0) is 0 Å². The number of anilines is 1. The second-order valence-electron chi connectivity index (χ2n) is 4.41. The SMILES string of the molecule is CC1CC(Nc2nccc3sccc23)C1. The first kappa shape index (κ1) is 9.16. The predicted octanol–water partition coefficient (Wildman–Crippen LogP) is 3.51. The van der Waals surface area contributed by atoms with E-state index in [4.69, 9.17) is 0 Å². The Kier molecular flexibility index (Phi) is 2.13. The molecule has 0 saturated heterocycles. The molecular weight excluding hydrogens is 204 g/mol. The van der Waals surface area contributed by atoms with E-state index in [-0.39, 0.29) is 0 Å². The van der Waals surface area contributed by atoms with Gasteiger partial charge < -0.3 is 5.32 Å². The molecule has 2 aromatic rings. The highest BCUT2D eigenvalue weighted by atomic mass is 32.1. The summed E-state index contributed by atoms with van der Waals surface area (Å²) in [5.74, 6) is 1.94. The van der Waals surface area contributed by atoms with E-state index < -0.39 is 0 Å². The molecule has 2 aromatic heterocycles. The van der Waals surface area contributed by atoms with E-state index in [0.29, 0.717) is 6.04 Å². The molecule has 2 nitrogen and oxygen atoms in total. The van der Waals surface area contributed by atoms with Crippen LogP contribution in [-0.4, -0.2) is 11.0 Å². The van der Waals surface area contributed by atoms with E-state index >= 15 is 0 Å². The lowest BCUT2D eigenvalue weighted by molar-refractivity contribution is 0.309. The first-order chi connectivity index (χ1) is 7.33. The first-order valence-corrected chi connectivity index (χ1v) is 6.29. The van der Waals surface area contributed by atoms with Crippen LogP contribution >= 0.6 is 11.3 Å². The van der Waals surface area contributed by atoms with Gasteiger partial charge in [-0.3, -0.25) is 0 Å². The van der Waals surface area contributed by atoms with Gasteiger partial charge in [0.15, 0.2) is 0 Å². The van der Waals surface area contributed by atoms with Crippen LogP contribution in [0.25, 0.3) is 10.1 Å². The quantitative estimate of drug-likeness (QED) is 0.834. The molecule has 1 saturated carbocycles. The van der Waals surface area contributed by atoms with Crippen LogP contribution < -0.4 is 5.32 Å². The molecule has 0 aromatic carbocycles. The summed E-state index contributed by atoms with van der Waals surface area (Å²) in [7, 11) is 0. The summed E-state index contributed by atoms with van der Waals surface area (Å²) >= 11 is 1.77. The molecule has 1 fully saturated rings. The van der Waals surface area contributed by atoms with Gasteiger partial charge in [-0.15, -0.1) is 11.3 Å². The van der Waals surface area contributed by atoms with Crippen LogP contribution in [0.15, 0.2) is 23.7 Å². The van der Waals surface area contributed by atoms with Crippen molar-refractivity contribution in [3.05, 3.63) is 23.7 Å². The Labute approximate surface area is 93.3 Å². The van der Waals surface area contributed by atoms with Crippen molar-refractivity contribution in [2.75, 3.05) is 5.32 Å². The third-order valence-corrected chi connectivity index (χ3v) is 3.98. The minimum atomic E-state index is 0.637. The number of thiophene rings is 1. The molecule has 1 aliphatic carbocycles. The van der Waals surface area contributed by atoms with Gasteiger partial charge in [-0.25, -0.2) is 4.98 Å². The molecule has 1 aliphatic rings. The summed E-state index contributed by atoms with van der Waals surface area (Å²) in [6.07, 6.45) is 4.45. The molecule has 0 amide bonds. The number of nitrogens with zero attached hydrogens (tertiary/aromatic N) is 1. The Bertz CT molecular complexity index is 471. The zero-order valence-corrected chi connectivity index (χ0v) is 9.55. The van der Waals surface area contributed by atoms with Gasteiger partial charge >= 0.3 is 0 Å². The predicted molar refractivity (Wildman–Crippen MR) is 65.4 cm³/mol. The maximum absolute atomic E-state index is 4.42. The van der Waals surface area contributed by atoms with Crippen LogP contribution in [0.4, 0.5) is 5.82 Å². The number of pyridine rings is 1. The molecule has 15 heavy (non-hydrogen) atoms. The van der Waals surface area contributed by atoms with Gasteiger partial charge in [0.25, 0.3) is 0 Å². The van der Waals surface area contributed by atoms with E-state index in [0.717, 1.165) is 11.7 Å². The minimum absolute atomic E-state index is 0.637. The van der Waals surface area contributed by atoms with E-state index in [1.807, 2.05) is 6.20 Å². The van der Waals surface area contributed by atoms with E-state index in [9.17, 15) is 0 Å². The van der Waals surface area contributed by atoms with Crippen molar-refractivity contribution in [3.63, 3.8) is 0 Å². The zero-order chi connectivity index (χ0) is 10.3. The lowest BCUT2D eigenvalue weighted by atomic mass is 9.82. The van der Waals surface area contributed by atoms with Gasteiger partial charge in [0.05, 0.1) is 0 Å². The summed E-state index contributed by atoms with van der Waals surface area (Å²) in [5, 5.41) is 6.93. The topological polar surface area (TPSA) is 24.9 Å². The van der Waals surface area contributed by atoms with Gasteiger partial charge in [-0.1, -0.05) is 6.92 Å². The van der Waals surface area contributed by atoms with Gasteiger partial charge in [0.1, 0.15) is 5.82 Å². The summed E-state index contributed by atoms with van der Waals surface area (Å²) in [4.78, 5) is 4.42. The molecule has 3 heteroatoms. The van der Waals surface area contributed by atoms with Crippen LogP contribution in [0.2, 0.25) is 0 Å². The minimum Gasteiger partial charge on any atom is -0.367 e. The van der Waals surface area contributed by atoms with Gasteiger partial charge in [-0.2, -0.15) is 0 Å². The zero-order valence-electron chi connectivity index (χ0n) is 8.73. The van der Waals surface area contributed by atoms with Crippen molar-refractivity contribution in [2.24, 2.45) is 5.92 Å².